The number of hydrogen-bond acceptors (Lipinski definition) is 3. The number of rotatable bonds is 13. The standard InChI is InChI=1S/C30H50O4/c1-8-30-25(5)23(3)15-16-26(30)17-21-29(7,34-30)20-10-13-22(2)12-9-18-28(6,33)19-11-14-24(4)27(31)32/h13,15-16,24-25,33H,8-12,14,17-21H2,1-7H3,(H,31,32)/b22-13+. The van der Waals surface area contributed by atoms with Crippen LogP contribution in [0.3, 0.4) is 0 Å². The van der Waals surface area contributed by atoms with Crippen LogP contribution in [0.5, 0.6) is 0 Å². The number of fused-ring (bicyclic) bond motifs is 1. The van der Waals surface area contributed by atoms with Crippen molar-refractivity contribution < 1.29 is 19.7 Å². The van der Waals surface area contributed by atoms with Crippen molar-refractivity contribution in [2.75, 3.05) is 0 Å². The van der Waals surface area contributed by atoms with Crippen LogP contribution in [0, 0.1) is 11.8 Å². The molecule has 34 heavy (non-hydrogen) atoms. The molecule has 194 valence electrons. The highest BCUT2D eigenvalue weighted by Gasteiger charge is 2.49. The van der Waals surface area contributed by atoms with Gasteiger partial charge in [-0.2, -0.15) is 0 Å². The monoisotopic (exact) mass is 474 g/mol. The van der Waals surface area contributed by atoms with Gasteiger partial charge in [0.1, 0.15) is 0 Å². The quantitative estimate of drug-likeness (QED) is 0.268. The summed E-state index contributed by atoms with van der Waals surface area (Å²) in [4.78, 5) is 10.9. The maximum atomic E-state index is 10.9. The van der Waals surface area contributed by atoms with E-state index in [0.717, 1.165) is 57.8 Å². The van der Waals surface area contributed by atoms with E-state index in [9.17, 15) is 9.90 Å². The van der Waals surface area contributed by atoms with E-state index in [4.69, 9.17) is 9.84 Å². The average molecular weight is 475 g/mol. The lowest BCUT2D eigenvalue weighted by Gasteiger charge is -2.53. The highest BCUT2D eigenvalue weighted by Crippen LogP contribution is 2.50. The predicted octanol–water partition coefficient (Wildman–Crippen LogP) is 7.77. The summed E-state index contributed by atoms with van der Waals surface area (Å²) in [6.07, 6.45) is 17.0. The lowest BCUT2D eigenvalue weighted by molar-refractivity contribution is -0.175. The minimum absolute atomic E-state index is 0.0905. The Morgan fingerprint density at radius 2 is 2.00 bits per heavy atom. The van der Waals surface area contributed by atoms with Gasteiger partial charge in [0.25, 0.3) is 0 Å². The average Bonchev–Trinajstić information content (AvgIpc) is 2.76. The molecule has 5 atom stereocenters. The topological polar surface area (TPSA) is 66.8 Å². The number of aliphatic hydroxyl groups is 1. The van der Waals surface area contributed by atoms with E-state index < -0.39 is 11.6 Å². The minimum atomic E-state index is -0.755. The van der Waals surface area contributed by atoms with E-state index in [1.165, 1.54) is 16.7 Å². The van der Waals surface area contributed by atoms with Crippen LogP contribution in [0.25, 0.3) is 0 Å². The molecule has 0 aromatic rings. The number of aliphatic carboxylic acids is 1. The van der Waals surface area contributed by atoms with Crippen LogP contribution in [0.1, 0.15) is 119 Å². The van der Waals surface area contributed by atoms with Crippen LogP contribution in [0.15, 0.2) is 34.9 Å². The number of carboxylic acids is 1. The molecule has 2 aliphatic rings. The first-order valence-corrected chi connectivity index (χ1v) is 13.5. The van der Waals surface area contributed by atoms with Crippen molar-refractivity contribution in [3.8, 4) is 0 Å². The van der Waals surface area contributed by atoms with Crippen LogP contribution >= 0.6 is 0 Å². The van der Waals surface area contributed by atoms with Crippen LogP contribution in [-0.4, -0.2) is 33.0 Å². The molecule has 0 aromatic heterocycles. The van der Waals surface area contributed by atoms with Crippen molar-refractivity contribution in [1.29, 1.82) is 0 Å². The van der Waals surface area contributed by atoms with Gasteiger partial charge in [-0.05, 0) is 104 Å². The highest BCUT2D eigenvalue weighted by atomic mass is 16.5. The third kappa shape index (κ3) is 7.55. The Hall–Kier alpha value is -1.39. The Kier molecular flexibility index (Phi) is 10.2. The van der Waals surface area contributed by atoms with E-state index in [2.05, 4.69) is 52.8 Å². The molecule has 0 aromatic carbocycles. The molecule has 0 spiro atoms. The molecule has 2 rings (SSSR count). The van der Waals surface area contributed by atoms with Crippen LogP contribution < -0.4 is 0 Å². The molecule has 1 saturated heterocycles. The fourth-order valence-corrected chi connectivity index (χ4v) is 5.79. The maximum Gasteiger partial charge on any atom is 0.306 e. The fourth-order valence-electron chi connectivity index (χ4n) is 5.79. The van der Waals surface area contributed by atoms with Crippen molar-refractivity contribution in [1.82, 2.24) is 0 Å². The first kappa shape index (κ1) is 28.8. The van der Waals surface area contributed by atoms with E-state index >= 15 is 0 Å². The summed E-state index contributed by atoms with van der Waals surface area (Å²) < 4.78 is 6.97. The molecule has 4 nitrogen and oxygen atoms in total. The summed E-state index contributed by atoms with van der Waals surface area (Å²) in [5.74, 6) is -0.669. The molecule has 1 aliphatic carbocycles. The molecule has 1 fully saturated rings. The van der Waals surface area contributed by atoms with Gasteiger partial charge in [0, 0.05) is 5.92 Å². The Morgan fingerprint density at radius 3 is 2.65 bits per heavy atom. The van der Waals surface area contributed by atoms with Gasteiger partial charge in [0.2, 0.25) is 0 Å². The molecule has 0 amide bonds. The summed E-state index contributed by atoms with van der Waals surface area (Å²) in [5, 5.41) is 19.7. The van der Waals surface area contributed by atoms with Crippen molar-refractivity contribution >= 4 is 5.97 Å². The number of hydrogen-bond donors (Lipinski definition) is 2. The van der Waals surface area contributed by atoms with Gasteiger partial charge >= 0.3 is 5.97 Å². The normalized spacial score (nSPS) is 30.1. The molecular formula is C30H50O4. The molecule has 1 heterocycles. The van der Waals surface area contributed by atoms with Crippen LogP contribution in [0.4, 0.5) is 0 Å². The molecule has 5 unspecified atom stereocenters. The van der Waals surface area contributed by atoms with Crippen molar-refractivity contribution in [3.63, 3.8) is 0 Å². The Labute approximate surface area is 208 Å². The summed E-state index contributed by atoms with van der Waals surface area (Å²) in [5.41, 5.74) is 3.32. The second-order valence-electron chi connectivity index (χ2n) is 11.7. The third-order valence-electron chi connectivity index (χ3n) is 8.58. The summed E-state index contributed by atoms with van der Waals surface area (Å²) in [6.45, 7) is 14.9. The largest absolute Gasteiger partial charge is 0.481 e. The zero-order valence-electron chi connectivity index (χ0n) is 22.9. The summed E-state index contributed by atoms with van der Waals surface area (Å²) in [6, 6.07) is 0. The van der Waals surface area contributed by atoms with Crippen LogP contribution in [0.2, 0.25) is 0 Å². The second-order valence-corrected chi connectivity index (χ2v) is 11.7. The van der Waals surface area contributed by atoms with Crippen molar-refractivity contribution in [2.24, 2.45) is 11.8 Å². The fraction of sp³-hybridized carbons (Fsp3) is 0.767. The van der Waals surface area contributed by atoms with Crippen molar-refractivity contribution in [2.45, 2.75) is 136 Å². The summed E-state index contributed by atoms with van der Waals surface area (Å²) in [7, 11) is 0. The molecule has 0 bridgehead atoms. The van der Waals surface area contributed by atoms with Gasteiger partial charge in [0.15, 0.2) is 0 Å². The van der Waals surface area contributed by atoms with E-state index in [0.29, 0.717) is 18.8 Å². The molecule has 0 saturated carbocycles. The lowest BCUT2D eigenvalue weighted by atomic mass is 9.68. The molecule has 2 N–H and O–H groups in total. The van der Waals surface area contributed by atoms with E-state index in [-0.39, 0.29) is 17.1 Å². The number of carboxylic acid groups (broad SMARTS) is 1. The van der Waals surface area contributed by atoms with Gasteiger partial charge in [0.05, 0.1) is 22.7 Å². The molecule has 1 aliphatic heterocycles. The summed E-state index contributed by atoms with van der Waals surface area (Å²) >= 11 is 0. The Morgan fingerprint density at radius 1 is 1.32 bits per heavy atom. The molecular weight excluding hydrogens is 424 g/mol. The van der Waals surface area contributed by atoms with Gasteiger partial charge < -0.3 is 14.9 Å². The minimum Gasteiger partial charge on any atom is -0.481 e. The zero-order valence-corrected chi connectivity index (χ0v) is 22.9. The first-order chi connectivity index (χ1) is 15.8. The van der Waals surface area contributed by atoms with E-state index in [1.807, 2.05) is 6.92 Å². The Bertz CT molecular complexity index is 790. The zero-order chi connectivity index (χ0) is 25.6. The SMILES string of the molecule is CCC12OC(C)(CC/C=C(\C)CCCC(C)(O)CCCC(C)C(=O)O)CCC1=CC=C(C)C2C. The van der Waals surface area contributed by atoms with Crippen LogP contribution in [-0.2, 0) is 9.53 Å². The van der Waals surface area contributed by atoms with Gasteiger partial charge in [-0.25, -0.2) is 0 Å². The Balaban J connectivity index is 1.79. The van der Waals surface area contributed by atoms with Gasteiger partial charge in [-0.1, -0.05) is 50.1 Å². The smallest absolute Gasteiger partial charge is 0.306 e. The number of ether oxygens (including phenoxy) is 1. The van der Waals surface area contributed by atoms with Crippen molar-refractivity contribution in [3.05, 3.63) is 34.9 Å². The van der Waals surface area contributed by atoms with Gasteiger partial charge in [-0.15, -0.1) is 0 Å². The molecule has 0 radical (unpaired) electrons. The van der Waals surface area contributed by atoms with Gasteiger partial charge in [-0.3, -0.25) is 4.79 Å². The maximum absolute atomic E-state index is 10.9. The number of carbonyl (C=O) groups is 1. The first-order valence-electron chi connectivity index (χ1n) is 13.5. The second kappa shape index (κ2) is 12.0. The number of allylic oxidation sites excluding steroid dienone is 4. The molecule has 4 heteroatoms. The third-order valence-corrected chi connectivity index (χ3v) is 8.58. The lowest BCUT2D eigenvalue weighted by Crippen LogP contribution is -2.53. The predicted molar refractivity (Wildman–Crippen MR) is 141 cm³/mol. The van der Waals surface area contributed by atoms with E-state index in [1.54, 1.807) is 6.92 Å². The highest BCUT2D eigenvalue weighted by molar-refractivity contribution is 5.69.